The van der Waals surface area contributed by atoms with Gasteiger partial charge in [-0.25, -0.2) is 4.79 Å². The second-order valence-corrected chi connectivity index (χ2v) is 4.07. The summed E-state index contributed by atoms with van der Waals surface area (Å²) < 4.78 is 9.99. The average Bonchev–Trinajstić information content (AvgIpc) is 3.19. The molecule has 1 aliphatic rings. The molecule has 0 amide bonds. The van der Waals surface area contributed by atoms with Gasteiger partial charge in [-0.2, -0.15) is 9.97 Å². The highest BCUT2D eigenvalue weighted by molar-refractivity contribution is 5.77. The first-order valence-electron chi connectivity index (χ1n) is 5.60. The number of nitrogens with one attached hydrogen (secondary N) is 1. The van der Waals surface area contributed by atoms with E-state index in [1.165, 1.54) is 20.3 Å². The Morgan fingerprint density at radius 3 is 2.33 bits per heavy atom. The van der Waals surface area contributed by atoms with Crippen LogP contribution < -0.4 is 14.8 Å². The molecule has 1 saturated carbocycles. The van der Waals surface area contributed by atoms with Crippen LogP contribution in [0.5, 0.6) is 11.8 Å². The highest BCUT2D eigenvalue weighted by Gasteiger charge is 2.36. The van der Waals surface area contributed by atoms with E-state index in [1.807, 2.05) is 0 Å². The summed E-state index contributed by atoms with van der Waals surface area (Å²) in [5, 5.41) is 11.9. The molecule has 0 radical (unpaired) electrons. The van der Waals surface area contributed by atoms with Gasteiger partial charge < -0.3 is 19.9 Å². The van der Waals surface area contributed by atoms with E-state index in [1.54, 1.807) is 0 Å². The molecule has 0 bridgehead atoms. The molecule has 1 heterocycles. The van der Waals surface area contributed by atoms with Gasteiger partial charge in [-0.1, -0.05) is 0 Å². The molecule has 2 rings (SSSR count). The van der Waals surface area contributed by atoms with Gasteiger partial charge in [-0.05, 0) is 18.8 Å². The minimum absolute atomic E-state index is 0.142. The van der Waals surface area contributed by atoms with Gasteiger partial charge in [0.05, 0.1) is 20.3 Å². The molecule has 18 heavy (non-hydrogen) atoms. The van der Waals surface area contributed by atoms with Crippen LogP contribution >= 0.6 is 0 Å². The summed E-state index contributed by atoms with van der Waals surface area (Å²) in [7, 11) is 2.95. The third kappa shape index (κ3) is 2.79. The van der Waals surface area contributed by atoms with Crippen molar-refractivity contribution >= 4 is 11.9 Å². The second-order valence-electron chi connectivity index (χ2n) is 4.07. The van der Waals surface area contributed by atoms with Gasteiger partial charge in [0, 0.05) is 0 Å². The molecule has 0 aliphatic heterocycles. The second kappa shape index (κ2) is 5.07. The minimum Gasteiger partial charge on any atom is -0.481 e. The van der Waals surface area contributed by atoms with Crippen LogP contribution in [0.4, 0.5) is 5.95 Å². The predicted octanol–water partition coefficient (Wildman–Crippen LogP) is 0.769. The van der Waals surface area contributed by atoms with Gasteiger partial charge >= 0.3 is 5.97 Å². The van der Waals surface area contributed by atoms with Gasteiger partial charge in [0.1, 0.15) is 6.04 Å². The van der Waals surface area contributed by atoms with Crippen molar-refractivity contribution in [3.05, 3.63) is 6.07 Å². The van der Waals surface area contributed by atoms with Crippen molar-refractivity contribution in [2.24, 2.45) is 5.92 Å². The Hall–Kier alpha value is -2.05. The van der Waals surface area contributed by atoms with Gasteiger partial charge in [-0.3, -0.25) is 0 Å². The van der Waals surface area contributed by atoms with Crippen LogP contribution in [0.25, 0.3) is 0 Å². The largest absolute Gasteiger partial charge is 0.481 e. The Morgan fingerprint density at radius 1 is 1.39 bits per heavy atom. The van der Waals surface area contributed by atoms with Crippen LogP contribution in [0.1, 0.15) is 12.8 Å². The monoisotopic (exact) mass is 253 g/mol. The topological polar surface area (TPSA) is 93.6 Å². The molecule has 1 aliphatic carbocycles. The van der Waals surface area contributed by atoms with Crippen LogP contribution in [0.15, 0.2) is 6.07 Å². The van der Waals surface area contributed by atoms with Crippen molar-refractivity contribution in [2.45, 2.75) is 18.9 Å². The minimum atomic E-state index is -0.900. The van der Waals surface area contributed by atoms with Gasteiger partial charge in [0.15, 0.2) is 0 Å². The van der Waals surface area contributed by atoms with Crippen molar-refractivity contribution in [1.29, 1.82) is 0 Å². The number of carbonyl (C=O) groups is 1. The fourth-order valence-electron chi connectivity index (χ4n) is 1.63. The van der Waals surface area contributed by atoms with E-state index in [2.05, 4.69) is 15.3 Å². The van der Waals surface area contributed by atoms with Crippen molar-refractivity contribution in [3.8, 4) is 11.8 Å². The summed E-state index contributed by atoms with van der Waals surface area (Å²) in [4.78, 5) is 19.2. The summed E-state index contributed by atoms with van der Waals surface area (Å²) in [5.74, 6) is 0.0882. The summed E-state index contributed by atoms with van der Waals surface area (Å²) in [6, 6.07) is 0.861. The first kappa shape index (κ1) is 12.4. The molecule has 0 aromatic carbocycles. The average molecular weight is 253 g/mol. The maximum Gasteiger partial charge on any atom is 0.326 e. The number of aromatic nitrogens is 2. The Labute approximate surface area is 104 Å². The van der Waals surface area contributed by atoms with E-state index < -0.39 is 12.0 Å². The molecule has 0 spiro atoms. The number of anilines is 1. The van der Waals surface area contributed by atoms with Crippen molar-refractivity contribution in [3.63, 3.8) is 0 Å². The number of methoxy groups -OCH3 is 2. The van der Waals surface area contributed by atoms with E-state index in [0.29, 0.717) is 11.8 Å². The number of hydrogen-bond donors (Lipinski definition) is 2. The molecule has 1 fully saturated rings. The van der Waals surface area contributed by atoms with Gasteiger partial charge in [0.25, 0.3) is 0 Å². The van der Waals surface area contributed by atoms with E-state index >= 15 is 0 Å². The van der Waals surface area contributed by atoms with Crippen molar-refractivity contribution in [1.82, 2.24) is 9.97 Å². The lowest BCUT2D eigenvalue weighted by molar-refractivity contribution is -0.138. The van der Waals surface area contributed by atoms with E-state index in [4.69, 9.17) is 14.6 Å². The number of carboxylic acid groups (broad SMARTS) is 1. The molecule has 2 N–H and O–H groups in total. The summed E-state index contributed by atoms with van der Waals surface area (Å²) >= 11 is 0. The maximum absolute atomic E-state index is 11.1. The van der Waals surface area contributed by atoms with Crippen LogP contribution in [0, 0.1) is 5.92 Å². The van der Waals surface area contributed by atoms with Crippen molar-refractivity contribution < 1.29 is 19.4 Å². The lowest BCUT2D eigenvalue weighted by Gasteiger charge is -2.14. The standard InChI is InChI=1S/C11H15N3O4/c1-17-7-5-8(18-2)13-11(12-7)14-9(10(15)16)6-3-4-6/h5-6,9H,3-4H2,1-2H3,(H,15,16)(H,12,13,14). The lowest BCUT2D eigenvalue weighted by atomic mass is 10.2. The zero-order valence-electron chi connectivity index (χ0n) is 10.2. The highest BCUT2D eigenvalue weighted by Crippen LogP contribution is 2.34. The fraction of sp³-hybridized carbons (Fsp3) is 0.545. The number of carboxylic acids is 1. The highest BCUT2D eigenvalue weighted by atomic mass is 16.5. The van der Waals surface area contributed by atoms with Gasteiger partial charge in [-0.15, -0.1) is 0 Å². The fourth-order valence-corrected chi connectivity index (χ4v) is 1.63. The van der Waals surface area contributed by atoms with Crippen LogP contribution in [-0.4, -0.2) is 41.3 Å². The maximum atomic E-state index is 11.1. The number of rotatable bonds is 6. The number of ether oxygens (including phenoxy) is 2. The Bertz CT molecular complexity index is 426. The van der Waals surface area contributed by atoms with Gasteiger partial charge in [0.2, 0.25) is 17.7 Å². The Morgan fingerprint density at radius 2 is 1.94 bits per heavy atom. The summed E-state index contributed by atoms with van der Waals surface area (Å²) in [5.41, 5.74) is 0. The molecular formula is C11H15N3O4. The molecule has 0 saturated heterocycles. The van der Waals surface area contributed by atoms with E-state index in [-0.39, 0.29) is 11.9 Å². The van der Waals surface area contributed by atoms with Crippen LogP contribution in [0.2, 0.25) is 0 Å². The molecule has 1 atom stereocenters. The number of aliphatic carboxylic acids is 1. The number of nitrogens with zero attached hydrogens (tertiary/aromatic N) is 2. The molecular weight excluding hydrogens is 238 g/mol. The van der Waals surface area contributed by atoms with Crippen LogP contribution in [0.3, 0.4) is 0 Å². The summed E-state index contributed by atoms with van der Waals surface area (Å²) in [6.45, 7) is 0. The smallest absolute Gasteiger partial charge is 0.326 e. The Balaban J connectivity index is 2.18. The zero-order chi connectivity index (χ0) is 13.1. The first-order chi connectivity index (χ1) is 8.63. The third-order valence-electron chi connectivity index (χ3n) is 2.74. The SMILES string of the molecule is COc1cc(OC)nc(NC(C(=O)O)C2CC2)n1. The Kier molecular flexibility index (Phi) is 3.50. The quantitative estimate of drug-likeness (QED) is 0.773. The van der Waals surface area contributed by atoms with Crippen molar-refractivity contribution in [2.75, 3.05) is 19.5 Å². The lowest BCUT2D eigenvalue weighted by Crippen LogP contribution is -2.32. The van der Waals surface area contributed by atoms with E-state index in [9.17, 15) is 4.79 Å². The molecule has 1 aromatic rings. The third-order valence-corrected chi connectivity index (χ3v) is 2.74. The van der Waals surface area contributed by atoms with Crippen LogP contribution in [-0.2, 0) is 4.79 Å². The number of hydrogen-bond acceptors (Lipinski definition) is 6. The molecule has 7 nitrogen and oxygen atoms in total. The molecule has 1 unspecified atom stereocenters. The molecule has 1 aromatic heterocycles. The zero-order valence-corrected chi connectivity index (χ0v) is 10.2. The molecule has 98 valence electrons. The first-order valence-corrected chi connectivity index (χ1v) is 5.60. The normalized spacial score (nSPS) is 15.9. The summed E-state index contributed by atoms with van der Waals surface area (Å²) in [6.07, 6.45) is 1.82. The van der Waals surface area contributed by atoms with E-state index in [0.717, 1.165) is 12.8 Å². The molecule has 7 heteroatoms. The predicted molar refractivity (Wildman–Crippen MR) is 62.9 cm³/mol.